The van der Waals surface area contributed by atoms with Crippen LogP contribution in [0.4, 0.5) is 5.69 Å². The van der Waals surface area contributed by atoms with E-state index < -0.39 is 0 Å². The van der Waals surface area contributed by atoms with Gasteiger partial charge in [-0.15, -0.1) is 0 Å². The van der Waals surface area contributed by atoms with E-state index in [1.807, 2.05) is 6.07 Å². The molecule has 0 radical (unpaired) electrons. The Morgan fingerprint density at radius 3 is 2.73 bits per heavy atom. The molecule has 6 nitrogen and oxygen atoms in total. The number of morpholine rings is 1. The zero-order chi connectivity index (χ0) is 15.9. The van der Waals surface area contributed by atoms with Crippen LogP contribution in [0.2, 0.25) is 0 Å². The molecule has 1 fully saturated rings. The largest absolute Gasteiger partial charge is 0.378 e. The quantitative estimate of drug-likeness (QED) is 0.518. The van der Waals surface area contributed by atoms with Crippen molar-refractivity contribution >= 4 is 17.4 Å². The van der Waals surface area contributed by atoms with Gasteiger partial charge < -0.3 is 15.0 Å². The Kier molecular flexibility index (Phi) is 5.28. The summed E-state index contributed by atoms with van der Waals surface area (Å²) in [5.41, 5.74) is 1.24. The third-order valence-electron chi connectivity index (χ3n) is 3.30. The lowest BCUT2D eigenvalue weighted by Crippen LogP contribution is -2.41. The molecule has 2 rings (SSSR count). The molecule has 1 aromatic rings. The molecular formula is C16H17N3O3. The van der Waals surface area contributed by atoms with Crippen LogP contribution in [0, 0.1) is 11.3 Å². The number of rotatable bonds is 4. The minimum absolute atomic E-state index is 0.0233. The lowest BCUT2D eigenvalue weighted by atomic mass is 10.1. The van der Waals surface area contributed by atoms with Crippen LogP contribution in [0.3, 0.4) is 0 Å². The molecule has 22 heavy (non-hydrogen) atoms. The first-order valence-electron chi connectivity index (χ1n) is 6.96. The van der Waals surface area contributed by atoms with Crippen molar-refractivity contribution in [1.82, 2.24) is 4.90 Å². The molecule has 1 aliphatic rings. The molecule has 0 aromatic heterocycles. The summed E-state index contributed by atoms with van der Waals surface area (Å²) in [6.07, 6.45) is 1.37. The lowest BCUT2D eigenvalue weighted by Gasteiger charge is -2.26. The molecule has 1 aliphatic heterocycles. The van der Waals surface area contributed by atoms with Gasteiger partial charge in [-0.2, -0.15) is 5.26 Å². The van der Waals surface area contributed by atoms with Crippen LogP contribution >= 0.6 is 0 Å². The Balaban J connectivity index is 2.09. The minimum atomic E-state index is -0.318. The lowest BCUT2D eigenvalue weighted by molar-refractivity contribution is -0.130. The maximum atomic E-state index is 12.2. The molecular weight excluding hydrogens is 282 g/mol. The van der Waals surface area contributed by atoms with E-state index in [1.165, 1.54) is 13.1 Å². The van der Waals surface area contributed by atoms with E-state index in [4.69, 9.17) is 10.00 Å². The summed E-state index contributed by atoms with van der Waals surface area (Å²) in [7, 11) is 0. The number of nitrogens with one attached hydrogen (secondary N) is 1. The summed E-state index contributed by atoms with van der Waals surface area (Å²) in [4.78, 5) is 25.1. The maximum Gasteiger partial charge on any atom is 0.266 e. The smallest absolute Gasteiger partial charge is 0.266 e. The number of nitrogens with zero attached hydrogens (tertiary/aromatic N) is 2. The standard InChI is InChI=1S/C16H17N3O3/c1-12(20)13-3-2-4-15(9-13)18-11-14(10-17)16(21)19-5-7-22-8-6-19/h2-4,9,11,18H,5-8H2,1H3/b14-11-. The van der Waals surface area contributed by atoms with Crippen molar-refractivity contribution in [3.63, 3.8) is 0 Å². The van der Waals surface area contributed by atoms with Crippen molar-refractivity contribution < 1.29 is 14.3 Å². The van der Waals surface area contributed by atoms with Crippen LogP contribution in [-0.2, 0) is 9.53 Å². The Morgan fingerprint density at radius 1 is 1.36 bits per heavy atom. The van der Waals surface area contributed by atoms with Gasteiger partial charge in [0.15, 0.2) is 5.78 Å². The van der Waals surface area contributed by atoms with Crippen LogP contribution in [0.1, 0.15) is 17.3 Å². The highest BCUT2D eigenvalue weighted by Gasteiger charge is 2.20. The second kappa shape index (κ2) is 7.38. The zero-order valence-corrected chi connectivity index (χ0v) is 12.3. The van der Waals surface area contributed by atoms with Crippen molar-refractivity contribution in [3.05, 3.63) is 41.6 Å². The zero-order valence-electron chi connectivity index (χ0n) is 12.3. The first kappa shape index (κ1) is 15.7. The van der Waals surface area contributed by atoms with Gasteiger partial charge >= 0.3 is 0 Å². The first-order chi connectivity index (χ1) is 10.6. The van der Waals surface area contributed by atoms with E-state index in [9.17, 15) is 9.59 Å². The Bertz CT molecular complexity index is 640. The van der Waals surface area contributed by atoms with Gasteiger partial charge in [0.2, 0.25) is 0 Å². The highest BCUT2D eigenvalue weighted by atomic mass is 16.5. The van der Waals surface area contributed by atoms with Crippen LogP contribution in [0.5, 0.6) is 0 Å². The maximum absolute atomic E-state index is 12.2. The second-order valence-electron chi connectivity index (χ2n) is 4.86. The number of carbonyl (C=O) groups is 2. The van der Waals surface area contributed by atoms with Gasteiger partial charge in [-0.1, -0.05) is 12.1 Å². The van der Waals surface area contributed by atoms with Gasteiger partial charge in [-0.3, -0.25) is 9.59 Å². The van der Waals surface area contributed by atoms with E-state index >= 15 is 0 Å². The number of nitriles is 1. The molecule has 6 heteroatoms. The highest BCUT2D eigenvalue weighted by molar-refractivity contribution is 5.98. The van der Waals surface area contributed by atoms with Gasteiger partial charge in [-0.05, 0) is 19.1 Å². The summed E-state index contributed by atoms with van der Waals surface area (Å²) in [5, 5.41) is 12.1. The molecule has 1 N–H and O–H groups in total. The number of benzene rings is 1. The Hall–Kier alpha value is -2.65. The second-order valence-corrected chi connectivity index (χ2v) is 4.86. The number of Topliss-reactive ketones (excluding diaryl/α,β-unsaturated/α-hetero) is 1. The van der Waals surface area contributed by atoms with Crippen molar-refractivity contribution in [2.24, 2.45) is 0 Å². The van der Waals surface area contributed by atoms with Crippen LogP contribution < -0.4 is 5.32 Å². The number of ether oxygens (including phenoxy) is 1. The van der Waals surface area contributed by atoms with Gasteiger partial charge in [0, 0.05) is 30.5 Å². The molecule has 0 aliphatic carbocycles. The van der Waals surface area contributed by atoms with Crippen LogP contribution in [-0.4, -0.2) is 42.9 Å². The molecule has 0 saturated carbocycles. The van der Waals surface area contributed by atoms with Crippen molar-refractivity contribution in [3.8, 4) is 6.07 Å². The average molecular weight is 299 g/mol. The molecule has 1 amide bonds. The molecule has 0 spiro atoms. The number of ketones is 1. The molecule has 1 aromatic carbocycles. The third-order valence-corrected chi connectivity index (χ3v) is 3.30. The Morgan fingerprint density at radius 2 is 2.09 bits per heavy atom. The van der Waals surface area contributed by atoms with E-state index in [0.717, 1.165) is 0 Å². The fourth-order valence-electron chi connectivity index (χ4n) is 2.06. The third kappa shape index (κ3) is 3.93. The average Bonchev–Trinajstić information content (AvgIpc) is 2.56. The summed E-state index contributed by atoms with van der Waals surface area (Å²) in [5.74, 6) is -0.362. The molecule has 0 unspecified atom stereocenters. The van der Waals surface area contributed by atoms with Crippen molar-refractivity contribution in [2.75, 3.05) is 31.6 Å². The number of carbonyl (C=O) groups excluding carboxylic acids is 2. The monoisotopic (exact) mass is 299 g/mol. The summed E-state index contributed by atoms with van der Waals surface area (Å²) < 4.78 is 5.18. The number of anilines is 1. The minimum Gasteiger partial charge on any atom is -0.378 e. The SMILES string of the molecule is CC(=O)c1cccc(N/C=C(/C#N)C(=O)N2CCOCC2)c1. The summed E-state index contributed by atoms with van der Waals surface area (Å²) >= 11 is 0. The number of amides is 1. The van der Waals surface area contributed by atoms with Gasteiger partial charge in [0.05, 0.1) is 13.2 Å². The van der Waals surface area contributed by atoms with Crippen LogP contribution in [0.25, 0.3) is 0 Å². The van der Waals surface area contributed by atoms with E-state index in [2.05, 4.69) is 5.32 Å². The van der Waals surface area contributed by atoms with E-state index in [0.29, 0.717) is 37.6 Å². The molecule has 114 valence electrons. The van der Waals surface area contributed by atoms with E-state index in [-0.39, 0.29) is 17.3 Å². The fraction of sp³-hybridized carbons (Fsp3) is 0.312. The van der Waals surface area contributed by atoms with Crippen molar-refractivity contribution in [2.45, 2.75) is 6.92 Å². The molecule has 1 saturated heterocycles. The van der Waals surface area contributed by atoms with Gasteiger partial charge in [-0.25, -0.2) is 0 Å². The number of hydrogen-bond donors (Lipinski definition) is 1. The predicted octanol–water partition coefficient (Wildman–Crippen LogP) is 1.57. The van der Waals surface area contributed by atoms with Crippen LogP contribution in [0.15, 0.2) is 36.0 Å². The van der Waals surface area contributed by atoms with E-state index in [1.54, 1.807) is 29.2 Å². The molecule has 0 atom stereocenters. The topological polar surface area (TPSA) is 82.4 Å². The summed E-state index contributed by atoms with van der Waals surface area (Å²) in [6.45, 7) is 3.42. The summed E-state index contributed by atoms with van der Waals surface area (Å²) in [6, 6.07) is 8.79. The molecule has 0 bridgehead atoms. The van der Waals surface area contributed by atoms with Crippen molar-refractivity contribution in [1.29, 1.82) is 5.26 Å². The Labute approximate surface area is 129 Å². The normalized spacial score (nSPS) is 15.1. The molecule has 1 heterocycles. The number of hydrogen-bond acceptors (Lipinski definition) is 5. The highest BCUT2D eigenvalue weighted by Crippen LogP contribution is 2.12. The van der Waals surface area contributed by atoms with Gasteiger partial charge in [0.25, 0.3) is 5.91 Å². The first-order valence-corrected chi connectivity index (χ1v) is 6.96. The fourth-order valence-corrected chi connectivity index (χ4v) is 2.06. The van der Waals surface area contributed by atoms with Gasteiger partial charge in [0.1, 0.15) is 11.6 Å². The predicted molar refractivity (Wildman–Crippen MR) is 81.2 cm³/mol.